The molecule has 0 atom stereocenters. The highest BCUT2D eigenvalue weighted by atomic mass is 32.2. The molecule has 1 saturated carbocycles. The minimum absolute atomic E-state index is 0.0770. The zero-order chi connectivity index (χ0) is 22.8. The zero-order valence-corrected chi connectivity index (χ0v) is 21.1. The van der Waals surface area contributed by atoms with Gasteiger partial charge in [0, 0.05) is 18.5 Å². The number of para-hydroxylation sites is 1. The lowest BCUT2D eigenvalue weighted by molar-refractivity contribution is -0.122. The van der Waals surface area contributed by atoms with E-state index in [1.165, 1.54) is 54.3 Å². The Morgan fingerprint density at radius 3 is 2.48 bits per heavy atom. The summed E-state index contributed by atoms with van der Waals surface area (Å²) in [6.45, 7) is 2.87. The number of benzene rings is 2. The number of hydrogen-bond acceptors (Lipinski definition) is 5. The van der Waals surface area contributed by atoms with Crippen LogP contribution in [-0.4, -0.2) is 29.6 Å². The second-order valence-corrected chi connectivity index (χ2v) is 11.0. The van der Waals surface area contributed by atoms with Gasteiger partial charge in [-0.3, -0.25) is 9.69 Å². The molecule has 2 heterocycles. The highest BCUT2D eigenvalue weighted by Crippen LogP contribution is 2.50. The zero-order valence-electron chi connectivity index (χ0n) is 19.4. The molecule has 0 radical (unpaired) electrons. The SMILES string of the molecule is CCCCN1C(=O)C(=C2Sc3ccccc3N2C)SC1=Nc1ccc(C2CCCCC2)cc1. The minimum Gasteiger partial charge on any atom is -0.337 e. The Bertz CT molecular complexity index is 1090. The molecular formula is C27H31N3OS2. The van der Waals surface area contributed by atoms with Crippen LogP contribution < -0.4 is 4.90 Å². The molecular weight excluding hydrogens is 446 g/mol. The topological polar surface area (TPSA) is 35.9 Å². The molecule has 0 aromatic heterocycles. The van der Waals surface area contributed by atoms with Crippen molar-refractivity contribution < 1.29 is 4.79 Å². The van der Waals surface area contributed by atoms with Crippen LogP contribution in [0.25, 0.3) is 0 Å². The third kappa shape index (κ3) is 4.60. The normalized spacial score (nSPS) is 22.5. The number of unbranched alkanes of at least 4 members (excludes halogenated alkanes) is 1. The molecule has 0 spiro atoms. The number of amides is 1. The van der Waals surface area contributed by atoms with Gasteiger partial charge in [0.15, 0.2) is 5.17 Å². The first-order chi connectivity index (χ1) is 16.2. The van der Waals surface area contributed by atoms with Gasteiger partial charge in [0.05, 0.1) is 16.4 Å². The molecule has 1 saturated heterocycles. The molecule has 2 aromatic carbocycles. The molecule has 2 aliphatic heterocycles. The van der Waals surface area contributed by atoms with Gasteiger partial charge in [-0.2, -0.15) is 0 Å². The second-order valence-electron chi connectivity index (χ2n) is 9.00. The second kappa shape index (κ2) is 9.98. The molecule has 5 rings (SSSR count). The van der Waals surface area contributed by atoms with Crippen molar-refractivity contribution >= 4 is 46.0 Å². The summed E-state index contributed by atoms with van der Waals surface area (Å²) in [5, 5.41) is 1.80. The van der Waals surface area contributed by atoms with Crippen LogP contribution in [0.3, 0.4) is 0 Å². The van der Waals surface area contributed by atoms with Crippen molar-refractivity contribution in [3.8, 4) is 0 Å². The number of carbonyl (C=O) groups is 1. The molecule has 0 N–H and O–H groups in total. The number of thioether (sulfide) groups is 2. The molecule has 0 unspecified atom stereocenters. The van der Waals surface area contributed by atoms with Gasteiger partial charge < -0.3 is 4.90 Å². The van der Waals surface area contributed by atoms with Crippen LogP contribution in [0, 0.1) is 0 Å². The highest BCUT2D eigenvalue weighted by Gasteiger charge is 2.38. The largest absolute Gasteiger partial charge is 0.337 e. The quantitative estimate of drug-likeness (QED) is 0.418. The monoisotopic (exact) mass is 477 g/mol. The fraction of sp³-hybridized carbons (Fsp3) is 0.407. The van der Waals surface area contributed by atoms with Crippen molar-refractivity contribution in [1.82, 2.24) is 4.90 Å². The van der Waals surface area contributed by atoms with E-state index >= 15 is 0 Å². The Morgan fingerprint density at radius 1 is 1.00 bits per heavy atom. The molecule has 1 amide bonds. The molecule has 3 aliphatic rings. The Morgan fingerprint density at radius 2 is 1.76 bits per heavy atom. The summed E-state index contributed by atoms with van der Waals surface area (Å²) in [4.78, 5) is 24.4. The van der Waals surface area contributed by atoms with Gasteiger partial charge in [-0.25, -0.2) is 4.99 Å². The minimum atomic E-state index is 0.0770. The van der Waals surface area contributed by atoms with E-state index < -0.39 is 0 Å². The Balaban J connectivity index is 1.42. The van der Waals surface area contributed by atoms with E-state index in [0.29, 0.717) is 12.5 Å². The Labute approximate surface area is 205 Å². The van der Waals surface area contributed by atoms with Crippen LogP contribution in [-0.2, 0) is 4.79 Å². The van der Waals surface area contributed by atoms with E-state index in [1.54, 1.807) is 11.8 Å². The number of anilines is 1. The summed E-state index contributed by atoms with van der Waals surface area (Å²) in [5.74, 6) is 0.769. The van der Waals surface area contributed by atoms with E-state index in [0.717, 1.165) is 39.3 Å². The average molecular weight is 478 g/mol. The van der Waals surface area contributed by atoms with E-state index in [1.807, 2.05) is 24.1 Å². The van der Waals surface area contributed by atoms with Gasteiger partial charge in [-0.1, -0.05) is 68.6 Å². The van der Waals surface area contributed by atoms with Crippen molar-refractivity contribution in [2.75, 3.05) is 18.5 Å². The number of rotatable bonds is 5. The van der Waals surface area contributed by atoms with Gasteiger partial charge in [0.25, 0.3) is 5.91 Å². The van der Waals surface area contributed by atoms with E-state index in [4.69, 9.17) is 4.99 Å². The van der Waals surface area contributed by atoms with Gasteiger partial charge >= 0.3 is 0 Å². The maximum atomic E-state index is 13.5. The fourth-order valence-corrected chi connectivity index (χ4v) is 7.17. The Kier molecular flexibility index (Phi) is 6.84. The molecule has 4 nitrogen and oxygen atoms in total. The van der Waals surface area contributed by atoms with Crippen molar-refractivity contribution in [2.45, 2.75) is 62.7 Å². The van der Waals surface area contributed by atoms with Crippen LogP contribution >= 0.6 is 23.5 Å². The van der Waals surface area contributed by atoms with Crippen molar-refractivity contribution in [2.24, 2.45) is 4.99 Å². The molecule has 2 aromatic rings. The number of aliphatic imine (C=N–C) groups is 1. The summed E-state index contributed by atoms with van der Waals surface area (Å²) in [6.07, 6.45) is 8.67. The van der Waals surface area contributed by atoms with Gasteiger partial charge in [0.2, 0.25) is 0 Å². The number of fused-ring (bicyclic) bond motifs is 1. The number of hydrogen-bond donors (Lipinski definition) is 0. The van der Waals surface area contributed by atoms with E-state index in [9.17, 15) is 4.79 Å². The lowest BCUT2D eigenvalue weighted by Crippen LogP contribution is -2.30. The maximum absolute atomic E-state index is 13.5. The predicted octanol–water partition coefficient (Wildman–Crippen LogP) is 7.51. The molecule has 6 heteroatoms. The van der Waals surface area contributed by atoms with Crippen LogP contribution in [0.4, 0.5) is 11.4 Å². The first kappa shape index (κ1) is 22.6. The fourth-order valence-electron chi connectivity index (χ4n) is 4.80. The highest BCUT2D eigenvalue weighted by molar-refractivity contribution is 8.19. The number of nitrogens with zero attached hydrogens (tertiary/aromatic N) is 3. The molecule has 1 aliphatic carbocycles. The van der Waals surface area contributed by atoms with Crippen LogP contribution in [0.2, 0.25) is 0 Å². The van der Waals surface area contributed by atoms with Crippen LogP contribution in [0.15, 0.2) is 68.4 Å². The van der Waals surface area contributed by atoms with Crippen LogP contribution in [0.1, 0.15) is 63.4 Å². The standard InChI is InChI=1S/C27H31N3OS2/c1-3-4-18-30-25(31)24(26-29(2)22-12-8-9-13-23(22)32-26)33-27(30)28-21-16-14-20(15-17-21)19-10-6-5-7-11-19/h8-9,12-17,19H,3-7,10-11,18H2,1-2H3. The summed E-state index contributed by atoms with van der Waals surface area (Å²) in [7, 11) is 2.05. The van der Waals surface area contributed by atoms with E-state index in [2.05, 4.69) is 48.2 Å². The third-order valence-corrected chi connectivity index (χ3v) is 9.16. The molecule has 2 fully saturated rings. The van der Waals surface area contributed by atoms with Crippen molar-refractivity contribution in [3.05, 3.63) is 64.0 Å². The predicted molar refractivity (Wildman–Crippen MR) is 141 cm³/mol. The average Bonchev–Trinajstić information content (AvgIpc) is 3.35. The third-order valence-electron chi connectivity index (χ3n) is 6.73. The smallest absolute Gasteiger partial charge is 0.269 e. The lowest BCUT2D eigenvalue weighted by atomic mass is 9.84. The van der Waals surface area contributed by atoms with Crippen LogP contribution in [0.5, 0.6) is 0 Å². The molecule has 172 valence electrons. The summed E-state index contributed by atoms with van der Waals surface area (Å²) < 4.78 is 0. The van der Waals surface area contributed by atoms with Crippen molar-refractivity contribution in [3.63, 3.8) is 0 Å². The summed E-state index contributed by atoms with van der Waals surface area (Å²) in [6, 6.07) is 17.0. The number of carbonyl (C=O) groups excluding carboxylic acids is 1. The molecule has 33 heavy (non-hydrogen) atoms. The first-order valence-corrected chi connectivity index (χ1v) is 13.7. The first-order valence-electron chi connectivity index (χ1n) is 12.1. The van der Waals surface area contributed by atoms with Gasteiger partial charge in [0.1, 0.15) is 4.91 Å². The Hall–Kier alpha value is -2.18. The van der Waals surface area contributed by atoms with Gasteiger partial charge in [-0.05, 0) is 66.8 Å². The maximum Gasteiger partial charge on any atom is 0.269 e. The van der Waals surface area contributed by atoms with Crippen molar-refractivity contribution in [1.29, 1.82) is 0 Å². The number of amidine groups is 1. The summed E-state index contributed by atoms with van der Waals surface area (Å²) >= 11 is 3.20. The molecule has 0 bridgehead atoms. The van der Waals surface area contributed by atoms with Gasteiger partial charge in [-0.15, -0.1) is 0 Å². The van der Waals surface area contributed by atoms with E-state index in [-0.39, 0.29) is 5.91 Å². The lowest BCUT2D eigenvalue weighted by Gasteiger charge is -2.22. The summed E-state index contributed by atoms with van der Waals surface area (Å²) in [5.41, 5.74) is 3.51.